The quantitative estimate of drug-likeness (QED) is 0.702. The van der Waals surface area contributed by atoms with E-state index >= 15 is 0 Å². The van der Waals surface area contributed by atoms with Crippen LogP contribution in [0.3, 0.4) is 0 Å². The molecule has 3 nitrogen and oxygen atoms in total. The Bertz CT molecular complexity index is 964. The molecule has 0 saturated carbocycles. The van der Waals surface area contributed by atoms with Crippen molar-refractivity contribution in [1.29, 1.82) is 0 Å². The second-order valence-electron chi connectivity index (χ2n) is 7.24. The highest BCUT2D eigenvalue weighted by Gasteiger charge is 2.28. The lowest BCUT2D eigenvalue weighted by atomic mass is 9.81. The maximum atomic E-state index is 4.52. The molecular formula is C21H21N3. The molecule has 0 radical (unpaired) electrons. The molecule has 24 heavy (non-hydrogen) atoms. The molecule has 1 atom stereocenters. The van der Waals surface area contributed by atoms with E-state index in [1.807, 2.05) is 16.9 Å². The van der Waals surface area contributed by atoms with Crippen LogP contribution in [0.5, 0.6) is 0 Å². The zero-order valence-corrected chi connectivity index (χ0v) is 14.0. The van der Waals surface area contributed by atoms with E-state index in [0.717, 1.165) is 17.8 Å². The summed E-state index contributed by atoms with van der Waals surface area (Å²) in [6, 6.07) is 11.2. The number of hydrogen-bond acceptors (Lipinski definition) is 2. The van der Waals surface area contributed by atoms with Crippen molar-refractivity contribution >= 4 is 11.2 Å². The van der Waals surface area contributed by atoms with Crippen LogP contribution in [0.25, 0.3) is 11.2 Å². The highest BCUT2D eigenvalue weighted by molar-refractivity contribution is 5.77. The van der Waals surface area contributed by atoms with Crippen LogP contribution < -0.4 is 0 Å². The number of benzene rings is 1. The first kappa shape index (κ1) is 14.0. The van der Waals surface area contributed by atoms with E-state index in [1.54, 1.807) is 11.1 Å². The Balaban J connectivity index is 1.45. The van der Waals surface area contributed by atoms with Crippen molar-refractivity contribution in [2.45, 2.75) is 39.0 Å². The number of aromatic nitrogens is 3. The lowest BCUT2D eigenvalue weighted by Crippen LogP contribution is -2.12. The first-order chi connectivity index (χ1) is 11.8. The summed E-state index contributed by atoms with van der Waals surface area (Å²) in [5.41, 5.74) is 9.78. The van der Waals surface area contributed by atoms with Gasteiger partial charge in [-0.2, -0.15) is 5.10 Å². The molecule has 0 amide bonds. The predicted octanol–water partition coefficient (Wildman–Crippen LogP) is 4.39. The molecule has 1 aromatic carbocycles. The van der Waals surface area contributed by atoms with E-state index < -0.39 is 0 Å². The van der Waals surface area contributed by atoms with Crippen molar-refractivity contribution < 1.29 is 0 Å². The fraction of sp³-hybridized carbons (Fsp3) is 0.333. The largest absolute Gasteiger partial charge is 0.235 e. The van der Waals surface area contributed by atoms with Crippen LogP contribution in [0, 0.1) is 12.8 Å². The van der Waals surface area contributed by atoms with Crippen LogP contribution in [0.2, 0.25) is 0 Å². The SMILES string of the molecule is Cc1cc(CC2CCC3=C(C2)c2ccccc2C3)c2nccn2n1. The lowest BCUT2D eigenvalue weighted by molar-refractivity contribution is 0.476. The van der Waals surface area contributed by atoms with Gasteiger partial charge in [0, 0.05) is 12.4 Å². The minimum Gasteiger partial charge on any atom is -0.235 e. The fourth-order valence-electron chi connectivity index (χ4n) is 4.52. The van der Waals surface area contributed by atoms with Crippen molar-refractivity contribution in [3.05, 3.63) is 70.7 Å². The van der Waals surface area contributed by atoms with Crippen molar-refractivity contribution in [2.75, 3.05) is 0 Å². The molecule has 1 unspecified atom stereocenters. The lowest BCUT2D eigenvalue weighted by Gasteiger charge is -2.24. The van der Waals surface area contributed by atoms with Crippen molar-refractivity contribution in [2.24, 2.45) is 5.92 Å². The fourth-order valence-corrected chi connectivity index (χ4v) is 4.52. The van der Waals surface area contributed by atoms with Crippen molar-refractivity contribution in [1.82, 2.24) is 14.6 Å². The number of nitrogens with zero attached hydrogens (tertiary/aromatic N) is 3. The summed E-state index contributed by atoms with van der Waals surface area (Å²) < 4.78 is 1.92. The van der Waals surface area contributed by atoms with E-state index in [0.29, 0.717) is 5.92 Å². The molecule has 5 rings (SSSR count). The van der Waals surface area contributed by atoms with Crippen LogP contribution >= 0.6 is 0 Å². The van der Waals surface area contributed by atoms with Gasteiger partial charge >= 0.3 is 0 Å². The molecular weight excluding hydrogens is 294 g/mol. The Labute approximate surface area is 142 Å². The Morgan fingerprint density at radius 2 is 2.17 bits per heavy atom. The van der Waals surface area contributed by atoms with E-state index in [-0.39, 0.29) is 0 Å². The number of fused-ring (bicyclic) bond motifs is 3. The van der Waals surface area contributed by atoms with Gasteiger partial charge in [-0.1, -0.05) is 29.8 Å². The smallest absolute Gasteiger partial charge is 0.156 e. The second kappa shape index (κ2) is 5.30. The topological polar surface area (TPSA) is 30.2 Å². The van der Waals surface area contributed by atoms with Gasteiger partial charge < -0.3 is 0 Å². The molecule has 3 aromatic rings. The van der Waals surface area contributed by atoms with Gasteiger partial charge in [-0.05, 0) is 73.3 Å². The van der Waals surface area contributed by atoms with E-state index in [9.17, 15) is 0 Å². The zero-order valence-electron chi connectivity index (χ0n) is 14.0. The summed E-state index contributed by atoms with van der Waals surface area (Å²) in [5, 5.41) is 4.52. The normalized spacial score (nSPS) is 19.6. The predicted molar refractivity (Wildman–Crippen MR) is 95.8 cm³/mol. The van der Waals surface area contributed by atoms with Gasteiger partial charge in [0.05, 0.1) is 5.69 Å². The number of aryl methyl sites for hydroxylation is 1. The van der Waals surface area contributed by atoms with E-state index in [1.165, 1.54) is 42.4 Å². The Morgan fingerprint density at radius 3 is 3.12 bits per heavy atom. The van der Waals surface area contributed by atoms with E-state index in [2.05, 4.69) is 47.3 Å². The Morgan fingerprint density at radius 1 is 1.25 bits per heavy atom. The van der Waals surface area contributed by atoms with Gasteiger partial charge in [-0.3, -0.25) is 0 Å². The zero-order chi connectivity index (χ0) is 16.1. The standard InChI is InChI=1S/C21H21N3/c1-14-10-18(21-22-8-9-24(21)23-14)11-15-6-7-17-13-16-4-2-3-5-19(16)20(17)12-15/h2-5,8-10,15H,6-7,11-13H2,1H3. The average Bonchev–Trinajstić information content (AvgIpc) is 3.19. The number of rotatable bonds is 2. The third kappa shape index (κ3) is 2.19. The highest BCUT2D eigenvalue weighted by Crippen LogP contribution is 2.44. The van der Waals surface area contributed by atoms with Crippen molar-refractivity contribution in [3.8, 4) is 0 Å². The Hall–Kier alpha value is -2.42. The molecule has 120 valence electrons. The summed E-state index contributed by atoms with van der Waals surface area (Å²) in [6.45, 7) is 2.07. The maximum Gasteiger partial charge on any atom is 0.156 e. The average molecular weight is 315 g/mol. The van der Waals surface area contributed by atoms with Gasteiger partial charge in [-0.15, -0.1) is 0 Å². The first-order valence-corrected chi connectivity index (χ1v) is 8.87. The van der Waals surface area contributed by atoms with Gasteiger partial charge in [-0.25, -0.2) is 9.50 Å². The molecule has 0 spiro atoms. The molecule has 3 heteroatoms. The molecule has 0 aliphatic heterocycles. The van der Waals surface area contributed by atoms with Crippen LogP contribution in [-0.4, -0.2) is 14.6 Å². The summed E-state index contributed by atoms with van der Waals surface area (Å²) in [4.78, 5) is 4.52. The summed E-state index contributed by atoms with van der Waals surface area (Å²) >= 11 is 0. The van der Waals surface area contributed by atoms with Crippen LogP contribution in [0.4, 0.5) is 0 Å². The first-order valence-electron chi connectivity index (χ1n) is 8.87. The van der Waals surface area contributed by atoms with Gasteiger partial charge in [0.25, 0.3) is 0 Å². The minimum atomic E-state index is 0.706. The molecule has 0 saturated heterocycles. The highest BCUT2D eigenvalue weighted by atomic mass is 15.2. The molecule has 0 N–H and O–H groups in total. The number of imidazole rings is 1. The van der Waals surface area contributed by atoms with Crippen LogP contribution in [0.1, 0.15) is 41.6 Å². The van der Waals surface area contributed by atoms with Gasteiger partial charge in [0.2, 0.25) is 0 Å². The summed E-state index contributed by atoms with van der Waals surface area (Å²) in [6.07, 6.45) is 9.82. The minimum absolute atomic E-state index is 0.706. The number of hydrogen-bond donors (Lipinski definition) is 0. The number of allylic oxidation sites excluding steroid dienone is 2. The molecule has 0 bridgehead atoms. The van der Waals surface area contributed by atoms with Gasteiger partial charge in [0.15, 0.2) is 5.65 Å². The van der Waals surface area contributed by atoms with Gasteiger partial charge in [0.1, 0.15) is 0 Å². The molecule has 0 fully saturated rings. The Kier molecular flexibility index (Phi) is 3.09. The second-order valence-corrected chi connectivity index (χ2v) is 7.24. The van der Waals surface area contributed by atoms with Crippen LogP contribution in [0.15, 0.2) is 48.3 Å². The molecule has 2 aliphatic carbocycles. The molecule has 2 aromatic heterocycles. The monoisotopic (exact) mass is 315 g/mol. The summed E-state index contributed by atoms with van der Waals surface area (Å²) in [7, 11) is 0. The van der Waals surface area contributed by atoms with E-state index in [4.69, 9.17) is 0 Å². The third-order valence-electron chi connectivity index (χ3n) is 5.59. The van der Waals surface area contributed by atoms with Crippen molar-refractivity contribution in [3.63, 3.8) is 0 Å². The maximum absolute atomic E-state index is 4.52. The molecule has 2 heterocycles. The van der Waals surface area contributed by atoms with Crippen LogP contribution in [-0.2, 0) is 12.8 Å². The molecule has 2 aliphatic rings. The summed E-state index contributed by atoms with van der Waals surface area (Å²) in [5.74, 6) is 0.706. The third-order valence-corrected chi connectivity index (χ3v) is 5.59.